The third kappa shape index (κ3) is 2.46. The zero-order valence-electron chi connectivity index (χ0n) is 13.6. The van der Waals surface area contributed by atoms with Crippen LogP contribution in [-0.4, -0.2) is 13.3 Å². The van der Waals surface area contributed by atoms with E-state index in [0.29, 0.717) is 0 Å². The minimum atomic E-state index is -2.53. The molecule has 23 heavy (non-hydrogen) atoms. The molecule has 0 bridgehead atoms. The van der Waals surface area contributed by atoms with Crippen LogP contribution in [0.1, 0.15) is 17.5 Å². The van der Waals surface area contributed by atoms with Crippen LogP contribution in [0.5, 0.6) is 0 Å². The predicted molar refractivity (Wildman–Crippen MR) is 102 cm³/mol. The Morgan fingerprint density at radius 3 is 1.96 bits per heavy atom. The predicted octanol–water partition coefficient (Wildman–Crippen LogP) is 3.41. The molecule has 1 aliphatic heterocycles. The molecule has 1 heteroatoms. The zero-order chi connectivity index (χ0) is 15.7. The van der Waals surface area contributed by atoms with Crippen LogP contribution < -0.4 is 13.2 Å². The normalized spacial score (nSPS) is 15.9. The molecule has 0 radical (unpaired) electrons. The van der Waals surface area contributed by atoms with Crippen LogP contribution in [0.4, 0.5) is 0 Å². The first-order valence-corrected chi connectivity index (χ1v) is 13.1. The average Bonchev–Trinajstić information content (AvgIpc) is 2.62. The molecule has 0 aliphatic carbocycles. The summed E-state index contributed by atoms with van der Waals surface area (Å²) in [5, 5.41) is 1.37. The number of benzene rings is 3. The van der Waals surface area contributed by atoms with Gasteiger partial charge in [0.1, 0.15) is 0 Å². The summed E-state index contributed by atoms with van der Waals surface area (Å²) in [6.45, 7) is 2.22. The fourth-order valence-electron chi connectivity index (χ4n) is 4.24. The van der Waals surface area contributed by atoms with Gasteiger partial charge in [0, 0.05) is 0 Å². The first-order chi connectivity index (χ1) is 11.3. The van der Waals surface area contributed by atoms with Crippen LogP contribution >= 0.6 is 0 Å². The van der Waals surface area contributed by atoms with Gasteiger partial charge in [-0.1, -0.05) is 0 Å². The molecule has 0 amide bonds. The molecule has 0 N–H and O–H groups in total. The van der Waals surface area contributed by atoms with E-state index in [-0.39, 0.29) is 0 Å². The SMILES string of the molecule is Cc1cc[c]2c(c1)CC[CH2][Ge]2([c]1ccccc1)[c]1ccccc1. The third-order valence-electron chi connectivity index (χ3n) is 5.25. The Kier molecular flexibility index (Phi) is 3.86. The Hall–Kier alpha value is -1.80. The van der Waals surface area contributed by atoms with Crippen LogP contribution in [0.2, 0.25) is 5.25 Å². The molecule has 1 heterocycles. The van der Waals surface area contributed by atoms with Crippen molar-refractivity contribution in [1.82, 2.24) is 0 Å². The van der Waals surface area contributed by atoms with E-state index in [9.17, 15) is 0 Å². The van der Waals surface area contributed by atoms with E-state index in [0.717, 1.165) is 0 Å². The van der Waals surface area contributed by atoms with Crippen molar-refractivity contribution in [3.8, 4) is 0 Å². The maximum absolute atomic E-state index is 2.53. The molecule has 0 saturated carbocycles. The summed E-state index contributed by atoms with van der Waals surface area (Å²) in [6.07, 6.45) is 2.56. The standard InChI is InChI=1S/C22H22Ge/c1-18-14-15-22-19(17-18)9-8-16-23(22,20-10-4-2-5-11-20)21-12-6-3-7-13-21/h2-7,10-15,17H,8-9,16H2,1H3. The van der Waals surface area contributed by atoms with Crippen molar-refractivity contribution < 1.29 is 0 Å². The summed E-state index contributed by atoms with van der Waals surface area (Å²) in [7, 11) is 0. The summed E-state index contributed by atoms with van der Waals surface area (Å²) >= 11 is -2.53. The minimum absolute atomic E-state index is 1.24. The molecule has 3 aromatic rings. The van der Waals surface area contributed by atoms with Crippen molar-refractivity contribution in [2.45, 2.75) is 25.0 Å². The number of fused-ring (bicyclic) bond motifs is 1. The zero-order valence-corrected chi connectivity index (χ0v) is 15.7. The Bertz CT molecular complexity index is 766. The van der Waals surface area contributed by atoms with E-state index in [2.05, 4.69) is 85.8 Å². The van der Waals surface area contributed by atoms with E-state index in [1.54, 1.807) is 18.8 Å². The van der Waals surface area contributed by atoms with Crippen LogP contribution in [0, 0.1) is 6.92 Å². The van der Waals surface area contributed by atoms with Crippen LogP contribution in [-0.2, 0) is 6.42 Å². The Labute approximate surface area is 141 Å². The second-order valence-electron chi connectivity index (χ2n) is 6.65. The van der Waals surface area contributed by atoms with E-state index in [1.807, 2.05) is 0 Å². The van der Waals surface area contributed by atoms with E-state index >= 15 is 0 Å². The monoisotopic (exact) mass is 360 g/mol. The third-order valence-corrected chi connectivity index (χ3v) is 16.1. The molecule has 1 aliphatic rings. The molecule has 0 nitrogen and oxygen atoms in total. The number of rotatable bonds is 2. The topological polar surface area (TPSA) is 0 Å². The van der Waals surface area contributed by atoms with E-state index in [4.69, 9.17) is 0 Å². The Morgan fingerprint density at radius 2 is 1.35 bits per heavy atom. The Morgan fingerprint density at radius 1 is 0.739 bits per heavy atom. The van der Waals surface area contributed by atoms with Crippen molar-refractivity contribution in [3.63, 3.8) is 0 Å². The molecule has 0 unspecified atom stereocenters. The maximum atomic E-state index is 2.45. The molecular weight excluding hydrogens is 337 g/mol. The molecule has 0 spiro atoms. The molecule has 3 aromatic carbocycles. The molecule has 0 atom stereocenters. The fraction of sp³-hybridized carbons (Fsp3) is 0.182. The number of aryl methyl sites for hydroxylation is 2. The quantitative estimate of drug-likeness (QED) is 0.616. The summed E-state index contributed by atoms with van der Waals surface area (Å²) in [6, 6.07) is 29.9. The van der Waals surface area contributed by atoms with Crippen molar-refractivity contribution in [3.05, 3.63) is 90.0 Å². The molecule has 0 aromatic heterocycles. The van der Waals surface area contributed by atoms with Crippen molar-refractivity contribution in [2.24, 2.45) is 0 Å². The average molecular weight is 359 g/mol. The Balaban J connectivity index is 2.03. The van der Waals surface area contributed by atoms with E-state index < -0.39 is 13.3 Å². The number of hydrogen-bond donors (Lipinski definition) is 0. The van der Waals surface area contributed by atoms with E-state index in [1.165, 1.54) is 23.7 Å². The van der Waals surface area contributed by atoms with Gasteiger partial charge in [-0.3, -0.25) is 0 Å². The van der Waals surface area contributed by atoms with Crippen molar-refractivity contribution in [1.29, 1.82) is 0 Å². The summed E-state index contributed by atoms with van der Waals surface area (Å²) in [5.74, 6) is 0. The van der Waals surface area contributed by atoms with Gasteiger partial charge in [-0.15, -0.1) is 0 Å². The first kappa shape index (κ1) is 14.8. The first-order valence-electron chi connectivity index (χ1n) is 8.52. The summed E-state index contributed by atoms with van der Waals surface area (Å²) < 4.78 is 4.88. The molecule has 114 valence electrons. The van der Waals surface area contributed by atoms with Crippen LogP contribution in [0.25, 0.3) is 0 Å². The van der Waals surface area contributed by atoms with Crippen LogP contribution in [0.15, 0.2) is 78.9 Å². The summed E-state index contributed by atoms with van der Waals surface area (Å²) in [5.41, 5.74) is 2.99. The fourth-order valence-corrected chi connectivity index (χ4v) is 15.0. The molecule has 0 saturated heterocycles. The molecular formula is C22H22Ge. The molecule has 0 fully saturated rings. The van der Waals surface area contributed by atoms with Gasteiger partial charge in [0.15, 0.2) is 0 Å². The van der Waals surface area contributed by atoms with Gasteiger partial charge in [-0.05, 0) is 0 Å². The van der Waals surface area contributed by atoms with Gasteiger partial charge in [0.05, 0.1) is 0 Å². The van der Waals surface area contributed by atoms with Crippen LogP contribution in [0.3, 0.4) is 0 Å². The number of hydrogen-bond acceptors (Lipinski definition) is 0. The summed E-state index contributed by atoms with van der Waals surface area (Å²) in [4.78, 5) is 0. The van der Waals surface area contributed by atoms with Gasteiger partial charge in [-0.2, -0.15) is 0 Å². The second kappa shape index (κ2) is 6.01. The molecule has 4 rings (SSSR count). The van der Waals surface area contributed by atoms with Gasteiger partial charge in [0.2, 0.25) is 0 Å². The van der Waals surface area contributed by atoms with Gasteiger partial charge < -0.3 is 0 Å². The van der Waals surface area contributed by atoms with Crippen molar-refractivity contribution in [2.75, 3.05) is 0 Å². The van der Waals surface area contributed by atoms with Gasteiger partial charge >= 0.3 is 141 Å². The second-order valence-corrected chi connectivity index (χ2v) is 15.1. The van der Waals surface area contributed by atoms with Gasteiger partial charge in [0.25, 0.3) is 0 Å². The van der Waals surface area contributed by atoms with Crippen molar-refractivity contribution >= 4 is 26.5 Å². The van der Waals surface area contributed by atoms with Gasteiger partial charge in [-0.25, -0.2) is 0 Å².